The number of nitrogens with one attached hydrogen (secondary N) is 5. The van der Waals surface area contributed by atoms with Crippen molar-refractivity contribution >= 4 is 58.1 Å². The topological polar surface area (TPSA) is 194 Å². The van der Waals surface area contributed by atoms with Gasteiger partial charge in [-0.2, -0.15) is 10.2 Å². The van der Waals surface area contributed by atoms with Crippen molar-refractivity contribution in [3.05, 3.63) is 82.9 Å². The van der Waals surface area contributed by atoms with Crippen molar-refractivity contribution in [3.63, 3.8) is 0 Å². The predicted molar refractivity (Wildman–Crippen MR) is 207 cm³/mol. The van der Waals surface area contributed by atoms with Crippen LogP contribution in [0.25, 0.3) is 0 Å². The Morgan fingerprint density at radius 1 is 0.704 bits per heavy atom. The van der Waals surface area contributed by atoms with E-state index in [0.717, 1.165) is 31.7 Å². The van der Waals surface area contributed by atoms with Gasteiger partial charge in [-0.05, 0) is 93.3 Å². The molecule has 286 valence electrons. The standard InChI is InChI=1S/C39H49N9O6/c1-6-47(7-2)18-16-40-36(51)28-20-29(37(52)41-17-19-48(8-3)9-4)22-32(21-28)43-38(53)26-10-13-30(14-11-26)45-46-35(25(5)49)39(54)42-31-15-12-27-23-34(50)44-33(27)24-31/h10-15,20-22,24,35H,6-9,16-19,23H2,1-5H3,(H,40,51)(H,41,52)(H,42,54)(H,43,53)(H,44,50). The normalized spacial score (nSPS) is 12.7. The molecule has 0 radical (unpaired) electrons. The minimum atomic E-state index is -1.43. The molecule has 3 aromatic rings. The number of benzene rings is 3. The summed E-state index contributed by atoms with van der Waals surface area (Å²) >= 11 is 0. The molecule has 15 heteroatoms. The fourth-order valence-electron chi connectivity index (χ4n) is 5.73. The molecule has 0 aromatic heterocycles. The molecule has 3 aromatic carbocycles. The van der Waals surface area contributed by atoms with E-state index in [4.69, 9.17) is 0 Å². The Balaban J connectivity index is 1.44. The van der Waals surface area contributed by atoms with Crippen LogP contribution in [0.2, 0.25) is 0 Å². The van der Waals surface area contributed by atoms with Crippen LogP contribution in [0.3, 0.4) is 0 Å². The van der Waals surface area contributed by atoms with E-state index >= 15 is 0 Å². The van der Waals surface area contributed by atoms with E-state index in [1.54, 1.807) is 18.2 Å². The number of carbonyl (C=O) groups is 6. The highest BCUT2D eigenvalue weighted by Gasteiger charge is 2.25. The Hall–Kier alpha value is -5.80. The summed E-state index contributed by atoms with van der Waals surface area (Å²) in [6.45, 7) is 15.0. The number of fused-ring (bicyclic) bond motifs is 1. The van der Waals surface area contributed by atoms with Crippen LogP contribution in [-0.2, 0) is 20.8 Å². The molecule has 4 rings (SSSR count). The first-order valence-electron chi connectivity index (χ1n) is 18.2. The van der Waals surface area contributed by atoms with Crippen molar-refractivity contribution in [2.45, 2.75) is 47.1 Å². The van der Waals surface area contributed by atoms with Crippen LogP contribution >= 0.6 is 0 Å². The van der Waals surface area contributed by atoms with Crippen LogP contribution in [0.15, 0.2) is 70.9 Å². The molecule has 0 saturated carbocycles. The average Bonchev–Trinajstić information content (AvgIpc) is 3.54. The van der Waals surface area contributed by atoms with Crippen LogP contribution < -0.4 is 26.6 Å². The highest BCUT2D eigenvalue weighted by atomic mass is 16.2. The van der Waals surface area contributed by atoms with Gasteiger partial charge in [0.1, 0.15) is 0 Å². The van der Waals surface area contributed by atoms with Crippen molar-refractivity contribution < 1.29 is 28.8 Å². The highest BCUT2D eigenvalue weighted by Crippen LogP contribution is 2.27. The molecule has 1 heterocycles. The zero-order valence-corrected chi connectivity index (χ0v) is 31.5. The molecular weight excluding hydrogens is 690 g/mol. The molecule has 0 bridgehead atoms. The molecule has 5 amide bonds. The largest absolute Gasteiger partial charge is 0.351 e. The maximum absolute atomic E-state index is 13.3. The molecule has 15 nitrogen and oxygen atoms in total. The van der Waals surface area contributed by atoms with Crippen LogP contribution in [0, 0.1) is 0 Å². The van der Waals surface area contributed by atoms with Crippen molar-refractivity contribution in [1.29, 1.82) is 0 Å². The summed E-state index contributed by atoms with van der Waals surface area (Å²) in [5.74, 6) is -2.61. The van der Waals surface area contributed by atoms with Gasteiger partial charge in [-0.1, -0.05) is 33.8 Å². The van der Waals surface area contributed by atoms with E-state index in [0.29, 0.717) is 37.6 Å². The van der Waals surface area contributed by atoms with E-state index < -0.39 is 23.6 Å². The lowest BCUT2D eigenvalue weighted by molar-refractivity contribution is -0.126. The molecule has 0 saturated heterocycles. The summed E-state index contributed by atoms with van der Waals surface area (Å²) in [7, 11) is 0. The summed E-state index contributed by atoms with van der Waals surface area (Å²) < 4.78 is 0. The van der Waals surface area contributed by atoms with E-state index in [1.165, 1.54) is 49.4 Å². The lowest BCUT2D eigenvalue weighted by Crippen LogP contribution is -2.35. The second kappa shape index (κ2) is 19.9. The van der Waals surface area contributed by atoms with Crippen molar-refractivity contribution in [2.24, 2.45) is 10.2 Å². The molecule has 1 unspecified atom stereocenters. The minimum Gasteiger partial charge on any atom is -0.351 e. The van der Waals surface area contributed by atoms with Gasteiger partial charge in [-0.3, -0.25) is 28.8 Å². The maximum Gasteiger partial charge on any atom is 0.258 e. The first kappa shape index (κ1) is 41.0. The van der Waals surface area contributed by atoms with Crippen LogP contribution in [-0.4, -0.2) is 104 Å². The third-order valence-corrected chi connectivity index (χ3v) is 8.99. The fraction of sp³-hybridized carbons (Fsp3) is 0.385. The summed E-state index contributed by atoms with van der Waals surface area (Å²) in [4.78, 5) is 80.9. The fourth-order valence-corrected chi connectivity index (χ4v) is 5.73. The molecule has 1 aliphatic rings. The van der Waals surface area contributed by atoms with E-state index in [9.17, 15) is 28.8 Å². The van der Waals surface area contributed by atoms with Crippen molar-refractivity contribution in [1.82, 2.24) is 20.4 Å². The first-order valence-corrected chi connectivity index (χ1v) is 18.2. The molecule has 5 N–H and O–H groups in total. The second-order valence-electron chi connectivity index (χ2n) is 12.7. The summed E-state index contributed by atoms with van der Waals surface area (Å²) in [6, 6.07) is 14.1. The number of ketones is 1. The first-order chi connectivity index (χ1) is 25.9. The van der Waals surface area contributed by atoms with Gasteiger partial charge in [0, 0.05) is 59.9 Å². The van der Waals surface area contributed by atoms with Crippen LogP contribution in [0.4, 0.5) is 22.7 Å². The van der Waals surface area contributed by atoms with Crippen molar-refractivity contribution in [3.8, 4) is 0 Å². The Bertz CT molecular complexity index is 1820. The van der Waals surface area contributed by atoms with E-state index in [-0.39, 0.29) is 52.2 Å². The predicted octanol–water partition coefficient (Wildman–Crippen LogP) is 4.26. The Morgan fingerprint density at radius 2 is 1.28 bits per heavy atom. The smallest absolute Gasteiger partial charge is 0.258 e. The van der Waals surface area contributed by atoms with Gasteiger partial charge in [0.2, 0.25) is 11.9 Å². The van der Waals surface area contributed by atoms with Gasteiger partial charge in [-0.25, -0.2) is 0 Å². The van der Waals surface area contributed by atoms with Gasteiger partial charge in [-0.15, -0.1) is 0 Å². The third-order valence-electron chi connectivity index (χ3n) is 8.99. The molecular formula is C39H49N9O6. The molecule has 1 atom stereocenters. The van der Waals surface area contributed by atoms with Crippen LogP contribution in [0.1, 0.15) is 71.3 Å². The lowest BCUT2D eigenvalue weighted by atomic mass is 10.1. The second-order valence-corrected chi connectivity index (χ2v) is 12.7. The summed E-state index contributed by atoms with van der Waals surface area (Å²) in [5, 5.41) is 22.0. The monoisotopic (exact) mass is 739 g/mol. The quantitative estimate of drug-likeness (QED) is 0.0889. The zero-order chi connectivity index (χ0) is 39.2. The van der Waals surface area contributed by atoms with Gasteiger partial charge >= 0.3 is 0 Å². The molecule has 0 spiro atoms. The number of Topliss-reactive ketones (excluding diaryl/α,β-unsaturated/α-hetero) is 1. The number of azo groups is 1. The van der Waals surface area contributed by atoms with Gasteiger partial charge in [0.25, 0.3) is 23.6 Å². The Labute approximate surface area is 315 Å². The molecule has 0 fully saturated rings. The lowest BCUT2D eigenvalue weighted by Gasteiger charge is -2.19. The number of hydrogen-bond acceptors (Lipinski definition) is 10. The van der Waals surface area contributed by atoms with Crippen molar-refractivity contribution in [2.75, 3.05) is 68.3 Å². The minimum absolute atomic E-state index is 0.140. The van der Waals surface area contributed by atoms with Gasteiger partial charge < -0.3 is 36.4 Å². The Kier molecular flexibility index (Phi) is 15.1. The van der Waals surface area contributed by atoms with E-state index in [2.05, 4.69) is 46.6 Å². The SMILES string of the molecule is CCN(CC)CCNC(=O)c1cc(NC(=O)c2ccc(N=NC(C(C)=O)C(=O)Nc3ccc4c(c3)NC(=O)C4)cc2)cc(C(=O)NCCN(CC)CC)c1. The number of carbonyl (C=O) groups excluding carboxylic acids is 6. The number of amides is 5. The number of anilines is 3. The zero-order valence-electron chi connectivity index (χ0n) is 31.5. The number of rotatable bonds is 19. The summed E-state index contributed by atoms with van der Waals surface area (Å²) in [5.41, 5.74) is 3.04. The molecule has 1 aliphatic heterocycles. The maximum atomic E-state index is 13.3. The van der Waals surface area contributed by atoms with Crippen LogP contribution in [0.5, 0.6) is 0 Å². The number of hydrogen-bond donors (Lipinski definition) is 5. The highest BCUT2D eigenvalue weighted by molar-refractivity contribution is 6.11. The van der Waals surface area contributed by atoms with E-state index in [1.807, 2.05) is 27.7 Å². The number of likely N-dealkylation sites (N-methyl/N-ethyl adjacent to an activating group) is 2. The molecule has 0 aliphatic carbocycles. The third kappa shape index (κ3) is 11.6. The average molecular weight is 740 g/mol. The van der Waals surface area contributed by atoms with Gasteiger partial charge in [0.15, 0.2) is 5.78 Å². The molecule has 54 heavy (non-hydrogen) atoms. The summed E-state index contributed by atoms with van der Waals surface area (Å²) in [6.07, 6.45) is 0.259. The van der Waals surface area contributed by atoms with Gasteiger partial charge in [0.05, 0.1) is 12.1 Å². The number of nitrogens with zero attached hydrogens (tertiary/aromatic N) is 4. The Morgan fingerprint density at radius 3 is 1.81 bits per heavy atom.